The van der Waals surface area contributed by atoms with Crippen LogP contribution in [0.4, 0.5) is 5.95 Å². The maximum absolute atomic E-state index is 4.49. The monoisotopic (exact) mass is 275 g/mol. The highest BCUT2D eigenvalue weighted by atomic mass is 15.3. The van der Waals surface area contributed by atoms with Crippen LogP contribution in [0.3, 0.4) is 0 Å². The zero-order chi connectivity index (χ0) is 14.4. The molecule has 0 atom stereocenters. The number of hydrogen-bond donors (Lipinski definition) is 1. The predicted molar refractivity (Wildman–Crippen MR) is 81.9 cm³/mol. The molecule has 2 heterocycles. The van der Waals surface area contributed by atoms with Gasteiger partial charge in [-0.05, 0) is 32.8 Å². The fraction of sp³-hybridized carbons (Fsp3) is 0.600. The molecule has 0 aromatic carbocycles. The van der Waals surface area contributed by atoms with Crippen molar-refractivity contribution in [2.45, 2.75) is 53.1 Å². The van der Waals surface area contributed by atoms with E-state index < -0.39 is 0 Å². The van der Waals surface area contributed by atoms with Crippen LogP contribution in [-0.2, 0) is 13.1 Å². The van der Waals surface area contributed by atoms with Crippen molar-refractivity contribution in [2.75, 3.05) is 11.9 Å². The Morgan fingerprint density at radius 3 is 2.75 bits per heavy atom. The SMILES string of the molecule is CCCCNc1nccn1CCCn1nc(C)cc1C. The third-order valence-corrected chi connectivity index (χ3v) is 3.40. The van der Waals surface area contributed by atoms with Gasteiger partial charge in [0.1, 0.15) is 0 Å². The van der Waals surface area contributed by atoms with Gasteiger partial charge in [0, 0.05) is 37.7 Å². The van der Waals surface area contributed by atoms with E-state index in [0.29, 0.717) is 0 Å². The van der Waals surface area contributed by atoms with Crippen LogP contribution in [0.15, 0.2) is 18.5 Å². The Morgan fingerprint density at radius 2 is 2.05 bits per heavy atom. The highest BCUT2D eigenvalue weighted by Crippen LogP contribution is 2.08. The fourth-order valence-corrected chi connectivity index (χ4v) is 2.33. The summed E-state index contributed by atoms with van der Waals surface area (Å²) in [6, 6.07) is 2.12. The van der Waals surface area contributed by atoms with E-state index in [1.54, 1.807) is 0 Å². The van der Waals surface area contributed by atoms with E-state index in [1.165, 1.54) is 18.5 Å². The summed E-state index contributed by atoms with van der Waals surface area (Å²) in [4.78, 5) is 4.36. The van der Waals surface area contributed by atoms with Gasteiger partial charge in [-0.25, -0.2) is 4.98 Å². The lowest BCUT2D eigenvalue weighted by Gasteiger charge is -2.10. The lowest BCUT2D eigenvalue weighted by Crippen LogP contribution is -2.11. The second-order valence-corrected chi connectivity index (χ2v) is 5.23. The first kappa shape index (κ1) is 14.6. The van der Waals surface area contributed by atoms with E-state index in [1.807, 2.05) is 19.3 Å². The number of nitrogens with one attached hydrogen (secondary N) is 1. The molecule has 0 radical (unpaired) electrons. The minimum Gasteiger partial charge on any atom is -0.356 e. The quantitative estimate of drug-likeness (QED) is 0.753. The average molecular weight is 275 g/mol. The summed E-state index contributed by atoms with van der Waals surface area (Å²) in [6.07, 6.45) is 7.33. The van der Waals surface area contributed by atoms with Crippen LogP contribution in [0.25, 0.3) is 0 Å². The summed E-state index contributed by atoms with van der Waals surface area (Å²) in [5.74, 6) is 0.979. The molecule has 2 aromatic rings. The fourth-order valence-electron chi connectivity index (χ4n) is 2.33. The molecule has 1 N–H and O–H groups in total. The predicted octanol–water partition coefficient (Wildman–Crippen LogP) is 3.00. The van der Waals surface area contributed by atoms with Crippen LogP contribution in [0, 0.1) is 13.8 Å². The molecule has 0 fully saturated rings. The van der Waals surface area contributed by atoms with Crippen LogP contribution < -0.4 is 5.32 Å². The van der Waals surface area contributed by atoms with Gasteiger partial charge in [-0.2, -0.15) is 5.10 Å². The smallest absolute Gasteiger partial charge is 0.202 e. The molecule has 110 valence electrons. The molecule has 0 aliphatic carbocycles. The van der Waals surface area contributed by atoms with Gasteiger partial charge < -0.3 is 9.88 Å². The Kier molecular flexibility index (Phi) is 5.21. The molecule has 0 bridgehead atoms. The largest absolute Gasteiger partial charge is 0.356 e. The Balaban J connectivity index is 1.82. The van der Waals surface area contributed by atoms with Crippen molar-refractivity contribution in [3.8, 4) is 0 Å². The van der Waals surface area contributed by atoms with Crippen molar-refractivity contribution in [3.63, 3.8) is 0 Å². The topological polar surface area (TPSA) is 47.7 Å². The molecule has 0 aliphatic heterocycles. The van der Waals surface area contributed by atoms with Gasteiger partial charge >= 0.3 is 0 Å². The van der Waals surface area contributed by atoms with Crippen LogP contribution in [-0.4, -0.2) is 25.9 Å². The van der Waals surface area contributed by atoms with E-state index in [4.69, 9.17) is 0 Å². The van der Waals surface area contributed by atoms with E-state index in [0.717, 1.165) is 37.7 Å². The molecule has 2 rings (SSSR count). The number of hydrogen-bond acceptors (Lipinski definition) is 3. The van der Waals surface area contributed by atoms with Crippen LogP contribution in [0.5, 0.6) is 0 Å². The standard InChI is InChI=1S/C15H25N5/c1-4-5-7-16-15-17-8-11-19(15)9-6-10-20-14(3)12-13(2)18-20/h8,11-12H,4-7,9-10H2,1-3H3,(H,16,17). The maximum atomic E-state index is 4.49. The summed E-state index contributed by atoms with van der Waals surface area (Å²) >= 11 is 0. The Labute approximate surface area is 121 Å². The molecule has 0 saturated carbocycles. The summed E-state index contributed by atoms with van der Waals surface area (Å²) in [7, 11) is 0. The van der Waals surface area contributed by atoms with Gasteiger partial charge in [-0.15, -0.1) is 0 Å². The lowest BCUT2D eigenvalue weighted by molar-refractivity contribution is 0.518. The van der Waals surface area contributed by atoms with Gasteiger partial charge in [0.05, 0.1) is 5.69 Å². The number of rotatable bonds is 8. The van der Waals surface area contributed by atoms with Crippen molar-refractivity contribution in [2.24, 2.45) is 0 Å². The zero-order valence-electron chi connectivity index (χ0n) is 12.8. The highest BCUT2D eigenvalue weighted by molar-refractivity contribution is 5.25. The summed E-state index contributed by atoms with van der Waals surface area (Å²) in [6.45, 7) is 9.25. The molecule has 0 saturated heterocycles. The normalized spacial score (nSPS) is 10.9. The number of aromatic nitrogens is 4. The molecule has 0 aliphatic rings. The number of unbranched alkanes of at least 4 members (excludes halogenated alkanes) is 1. The Hall–Kier alpha value is -1.78. The Bertz CT molecular complexity index is 526. The zero-order valence-corrected chi connectivity index (χ0v) is 12.8. The number of imidazole rings is 1. The first-order chi connectivity index (χ1) is 9.70. The minimum absolute atomic E-state index is 0.951. The van der Waals surface area contributed by atoms with Crippen molar-refractivity contribution < 1.29 is 0 Å². The first-order valence-corrected chi connectivity index (χ1v) is 7.46. The van der Waals surface area contributed by atoms with Crippen molar-refractivity contribution in [1.82, 2.24) is 19.3 Å². The molecular formula is C15H25N5. The van der Waals surface area contributed by atoms with Crippen molar-refractivity contribution in [3.05, 3.63) is 29.8 Å². The Morgan fingerprint density at radius 1 is 1.20 bits per heavy atom. The highest BCUT2D eigenvalue weighted by Gasteiger charge is 2.03. The molecule has 0 unspecified atom stereocenters. The third kappa shape index (κ3) is 3.85. The summed E-state index contributed by atoms with van der Waals surface area (Å²) in [5, 5.41) is 7.88. The third-order valence-electron chi connectivity index (χ3n) is 3.40. The lowest BCUT2D eigenvalue weighted by atomic mass is 10.3. The van der Waals surface area contributed by atoms with Gasteiger partial charge in [-0.1, -0.05) is 13.3 Å². The minimum atomic E-state index is 0.951. The molecule has 0 spiro atoms. The van der Waals surface area contributed by atoms with Crippen molar-refractivity contribution >= 4 is 5.95 Å². The van der Waals surface area contributed by atoms with Gasteiger partial charge in [0.15, 0.2) is 0 Å². The van der Waals surface area contributed by atoms with Gasteiger partial charge in [-0.3, -0.25) is 4.68 Å². The van der Waals surface area contributed by atoms with Crippen LogP contribution in [0.2, 0.25) is 0 Å². The van der Waals surface area contributed by atoms with Crippen LogP contribution >= 0.6 is 0 Å². The van der Waals surface area contributed by atoms with Gasteiger partial charge in [0.25, 0.3) is 0 Å². The average Bonchev–Trinajstić information content (AvgIpc) is 2.97. The second kappa shape index (κ2) is 7.12. The summed E-state index contributed by atoms with van der Waals surface area (Å²) < 4.78 is 4.26. The number of aryl methyl sites for hydroxylation is 4. The van der Waals surface area contributed by atoms with E-state index in [-0.39, 0.29) is 0 Å². The van der Waals surface area contributed by atoms with E-state index in [2.05, 4.69) is 44.6 Å². The number of nitrogens with zero attached hydrogens (tertiary/aromatic N) is 4. The van der Waals surface area contributed by atoms with E-state index >= 15 is 0 Å². The van der Waals surface area contributed by atoms with Gasteiger partial charge in [0.2, 0.25) is 5.95 Å². The molecular weight excluding hydrogens is 250 g/mol. The molecule has 5 nitrogen and oxygen atoms in total. The maximum Gasteiger partial charge on any atom is 0.202 e. The van der Waals surface area contributed by atoms with Crippen molar-refractivity contribution in [1.29, 1.82) is 0 Å². The van der Waals surface area contributed by atoms with Crippen LogP contribution in [0.1, 0.15) is 37.6 Å². The molecule has 0 amide bonds. The molecule has 5 heteroatoms. The molecule has 2 aromatic heterocycles. The summed E-state index contributed by atoms with van der Waals surface area (Å²) in [5.41, 5.74) is 2.32. The first-order valence-electron chi connectivity index (χ1n) is 7.46. The van der Waals surface area contributed by atoms with E-state index in [9.17, 15) is 0 Å². The molecule has 20 heavy (non-hydrogen) atoms. The second-order valence-electron chi connectivity index (χ2n) is 5.23. The number of anilines is 1.